The van der Waals surface area contributed by atoms with Gasteiger partial charge in [-0.2, -0.15) is 5.10 Å². The number of hydrogen-bond acceptors (Lipinski definition) is 3. The number of hydrogen-bond donors (Lipinski definition) is 0. The highest BCUT2D eigenvalue weighted by atomic mass is 16.2. The van der Waals surface area contributed by atoms with E-state index in [4.69, 9.17) is 10.1 Å². The summed E-state index contributed by atoms with van der Waals surface area (Å²) in [6.07, 6.45) is 0.657. The molecule has 0 saturated heterocycles. The van der Waals surface area contributed by atoms with Gasteiger partial charge in [0.25, 0.3) is 0 Å². The molecule has 0 aliphatic carbocycles. The smallest absolute Gasteiger partial charge is 0.240 e. The molecule has 152 valence electrons. The van der Waals surface area contributed by atoms with Crippen LogP contribution in [0.5, 0.6) is 0 Å². The molecule has 0 N–H and O–H groups in total. The van der Waals surface area contributed by atoms with E-state index < -0.39 is 0 Å². The molecule has 0 saturated carbocycles. The van der Waals surface area contributed by atoms with Gasteiger partial charge in [0.1, 0.15) is 0 Å². The number of carbonyl (C=O) groups is 1. The second-order valence-electron chi connectivity index (χ2n) is 7.87. The van der Waals surface area contributed by atoms with Crippen molar-refractivity contribution in [3.05, 3.63) is 102 Å². The topological polar surface area (TPSA) is 45.6 Å². The van der Waals surface area contributed by atoms with Crippen molar-refractivity contribution in [3.8, 4) is 11.1 Å². The number of aromatic nitrogens is 1. The predicted molar refractivity (Wildman–Crippen MR) is 125 cm³/mol. The minimum Gasteiger partial charge on any atom is -0.273 e. The Hall–Kier alpha value is -3.79. The standard InChI is InChI=1S/C27H23N3O/c1-18-26(24-17-25(30(29-24)19(2)31)20-11-5-3-6-12-20)27(21-13-7-4-8-14-21)22-15-9-10-16-23(22)28-18/h3-16,25H,17H2,1-2H3. The van der Waals surface area contributed by atoms with E-state index in [1.807, 2.05) is 49.4 Å². The van der Waals surface area contributed by atoms with E-state index in [1.54, 1.807) is 11.9 Å². The van der Waals surface area contributed by atoms with Crippen molar-refractivity contribution >= 4 is 22.5 Å². The fraction of sp³-hybridized carbons (Fsp3) is 0.148. The van der Waals surface area contributed by atoms with Crippen molar-refractivity contribution in [1.82, 2.24) is 9.99 Å². The Morgan fingerprint density at radius 1 is 0.871 bits per heavy atom. The summed E-state index contributed by atoms with van der Waals surface area (Å²) in [5.74, 6) is -0.0588. The highest BCUT2D eigenvalue weighted by Crippen LogP contribution is 2.39. The second-order valence-corrected chi connectivity index (χ2v) is 7.87. The SMILES string of the molecule is CC(=O)N1N=C(c2c(C)nc3ccccc3c2-c2ccccc2)CC1c1ccccc1. The third-order valence-corrected chi connectivity index (χ3v) is 5.84. The number of fused-ring (bicyclic) bond motifs is 1. The lowest BCUT2D eigenvalue weighted by Crippen LogP contribution is -2.24. The predicted octanol–water partition coefficient (Wildman–Crippen LogP) is 5.91. The Morgan fingerprint density at radius 2 is 1.52 bits per heavy atom. The molecule has 0 spiro atoms. The average molecular weight is 406 g/mol. The number of para-hydroxylation sites is 1. The van der Waals surface area contributed by atoms with E-state index in [0.29, 0.717) is 6.42 Å². The van der Waals surface area contributed by atoms with Crippen LogP contribution in [0.4, 0.5) is 0 Å². The van der Waals surface area contributed by atoms with Gasteiger partial charge in [-0.25, -0.2) is 5.01 Å². The first-order valence-electron chi connectivity index (χ1n) is 10.5. The summed E-state index contributed by atoms with van der Waals surface area (Å²) < 4.78 is 0. The molecule has 4 nitrogen and oxygen atoms in total. The van der Waals surface area contributed by atoms with Gasteiger partial charge in [-0.05, 0) is 24.1 Å². The zero-order valence-corrected chi connectivity index (χ0v) is 17.6. The molecule has 1 amide bonds. The first kappa shape index (κ1) is 19.2. The third-order valence-electron chi connectivity index (χ3n) is 5.84. The highest BCUT2D eigenvalue weighted by Gasteiger charge is 2.33. The quantitative estimate of drug-likeness (QED) is 0.425. The van der Waals surface area contributed by atoms with E-state index in [2.05, 4.69) is 42.5 Å². The Labute approximate surface area is 181 Å². The summed E-state index contributed by atoms with van der Waals surface area (Å²) in [4.78, 5) is 17.4. The molecule has 4 aromatic rings. The molecular formula is C27H23N3O. The molecule has 3 aromatic carbocycles. The van der Waals surface area contributed by atoms with Gasteiger partial charge in [0.2, 0.25) is 5.91 Å². The molecule has 0 fully saturated rings. The van der Waals surface area contributed by atoms with Crippen LogP contribution in [-0.4, -0.2) is 21.6 Å². The van der Waals surface area contributed by atoms with E-state index >= 15 is 0 Å². The fourth-order valence-electron chi connectivity index (χ4n) is 4.48. The highest BCUT2D eigenvalue weighted by molar-refractivity contribution is 6.13. The molecule has 1 aliphatic rings. The minimum atomic E-state index is -0.108. The number of aryl methyl sites for hydroxylation is 1. The molecular weight excluding hydrogens is 382 g/mol. The summed E-state index contributed by atoms with van der Waals surface area (Å²) in [7, 11) is 0. The van der Waals surface area contributed by atoms with Crippen LogP contribution in [0.2, 0.25) is 0 Å². The molecule has 1 atom stereocenters. The van der Waals surface area contributed by atoms with Crippen molar-refractivity contribution in [2.45, 2.75) is 26.3 Å². The van der Waals surface area contributed by atoms with E-state index in [1.165, 1.54) is 0 Å². The van der Waals surface area contributed by atoms with Gasteiger partial charge < -0.3 is 0 Å². The number of rotatable bonds is 3. The Morgan fingerprint density at radius 3 is 2.23 bits per heavy atom. The van der Waals surface area contributed by atoms with Gasteiger partial charge in [0.05, 0.1) is 17.3 Å². The van der Waals surface area contributed by atoms with Gasteiger partial charge in [-0.15, -0.1) is 0 Å². The zero-order valence-electron chi connectivity index (χ0n) is 17.6. The van der Waals surface area contributed by atoms with Crippen molar-refractivity contribution in [2.24, 2.45) is 5.10 Å². The maximum atomic E-state index is 12.5. The fourth-order valence-corrected chi connectivity index (χ4v) is 4.48. The van der Waals surface area contributed by atoms with Gasteiger partial charge in [0.15, 0.2) is 0 Å². The zero-order chi connectivity index (χ0) is 21.4. The largest absolute Gasteiger partial charge is 0.273 e. The van der Waals surface area contributed by atoms with Crippen LogP contribution < -0.4 is 0 Å². The van der Waals surface area contributed by atoms with Crippen LogP contribution in [-0.2, 0) is 4.79 Å². The summed E-state index contributed by atoms with van der Waals surface area (Å²) in [6.45, 7) is 3.61. The number of nitrogens with zero attached hydrogens (tertiary/aromatic N) is 3. The Balaban J connectivity index is 1.73. The molecule has 4 heteroatoms. The van der Waals surface area contributed by atoms with E-state index in [0.717, 1.165) is 44.6 Å². The summed E-state index contributed by atoms with van der Waals surface area (Å²) in [5.41, 5.74) is 7.15. The monoisotopic (exact) mass is 405 g/mol. The molecule has 0 bridgehead atoms. The van der Waals surface area contributed by atoms with Crippen LogP contribution in [0.15, 0.2) is 90.0 Å². The molecule has 31 heavy (non-hydrogen) atoms. The first-order valence-corrected chi connectivity index (χ1v) is 10.5. The molecule has 1 aliphatic heterocycles. The van der Waals surface area contributed by atoms with E-state index in [9.17, 15) is 4.79 Å². The van der Waals surface area contributed by atoms with E-state index in [-0.39, 0.29) is 11.9 Å². The number of amides is 1. The maximum Gasteiger partial charge on any atom is 0.240 e. The Bertz CT molecular complexity index is 1300. The molecule has 0 radical (unpaired) electrons. The lowest BCUT2D eigenvalue weighted by Gasteiger charge is -2.20. The number of hydrazone groups is 1. The number of pyridine rings is 1. The summed E-state index contributed by atoms with van der Waals surface area (Å²) in [6, 6.07) is 28.6. The number of benzene rings is 3. The second kappa shape index (κ2) is 7.80. The van der Waals surface area contributed by atoms with Crippen molar-refractivity contribution in [3.63, 3.8) is 0 Å². The van der Waals surface area contributed by atoms with Crippen LogP contribution >= 0.6 is 0 Å². The number of carbonyl (C=O) groups excluding carboxylic acids is 1. The molecule has 1 aromatic heterocycles. The van der Waals surface area contributed by atoms with Crippen LogP contribution in [0.3, 0.4) is 0 Å². The van der Waals surface area contributed by atoms with Crippen molar-refractivity contribution in [2.75, 3.05) is 0 Å². The van der Waals surface area contributed by atoms with Gasteiger partial charge in [0, 0.05) is 35.6 Å². The maximum absolute atomic E-state index is 12.5. The van der Waals surface area contributed by atoms with Crippen LogP contribution in [0.1, 0.15) is 36.2 Å². The van der Waals surface area contributed by atoms with Gasteiger partial charge >= 0.3 is 0 Å². The first-order chi connectivity index (χ1) is 15.1. The van der Waals surface area contributed by atoms with Crippen molar-refractivity contribution < 1.29 is 4.79 Å². The molecule has 5 rings (SSSR count). The van der Waals surface area contributed by atoms with Crippen molar-refractivity contribution in [1.29, 1.82) is 0 Å². The minimum absolute atomic E-state index is 0.0588. The average Bonchev–Trinajstić information content (AvgIpc) is 3.25. The van der Waals surface area contributed by atoms with Crippen LogP contribution in [0, 0.1) is 6.92 Å². The lowest BCUT2D eigenvalue weighted by molar-refractivity contribution is -0.130. The van der Waals surface area contributed by atoms with Crippen LogP contribution in [0.25, 0.3) is 22.0 Å². The summed E-state index contributed by atoms with van der Waals surface area (Å²) in [5, 5.41) is 7.54. The molecule has 2 heterocycles. The summed E-state index contributed by atoms with van der Waals surface area (Å²) >= 11 is 0. The normalized spacial score (nSPS) is 15.9. The molecule has 1 unspecified atom stereocenters. The third kappa shape index (κ3) is 3.40. The lowest BCUT2D eigenvalue weighted by atomic mass is 9.89. The van der Waals surface area contributed by atoms with Gasteiger partial charge in [-0.1, -0.05) is 78.9 Å². The Kier molecular flexibility index (Phi) is 4.83. The van der Waals surface area contributed by atoms with Gasteiger partial charge in [-0.3, -0.25) is 9.78 Å².